The van der Waals surface area contributed by atoms with E-state index in [9.17, 15) is 5.11 Å². The molecular formula is C16H23N3O. The van der Waals surface area contributed by atoms with Crippen molar-refractivity contribution < 1.29 is 5.11 Å². The molecule has 1 aromatic carbocycles. The summed E-state index contributed by atoms with van der Waals surface area (Å²) in [6, 6.07) is 4.81. The average Bonchev–Trinajstić information content (AvgIpc) is 3.04. The molecule has 0 radical (unpaired) electrons. The minimum Gasteiger partial charge on any atom is -0.394 e. The number of aryl methyl sites for hydroxylation is 2. The van der Waals surface area contributed by atoms with E-state index in [2.05, 4.69) is 40.8 Å². The number of aliphatic hydroxyl groups excluding tert-OH is 1. The van der Waals surface area contributed by atoms with Gasteiger partial charge < -0.3 is 15.0 Å². The van der Waals surface area contributed by atoms with Crippen LogP contribution in [0.3, 0.4) is 0 Å². The van der Waals surface area contributed by atoms with Gasteiger partial charge in [-0.2, -0.15) is 0 Å². The van der Waals surface area contributed by atoms with Gasteiger partial charge in [0, 0.05) is 11.6 Å². The van der Waals surface area contributed by atoms with Crippen molar-refractivity contribution in [3.05, 3.63) is 29.6 Å². The second-order valence-corrected chi connectivity index (χ2v) is 6.16. The van der Waals surface area contributed by atoms with Crippen LogP contribution in [0.2, 0.25) is 0 Å². The van der Waals surface area contributed by atoms with Crippen molar-refractivity contribution in [1.29, 1.82) is 0 Å². The molecule has 20 heavy (non-hydrogen) atoms. The van der Waals surface area contributed by atoms with Gasteiger partial charge in [0.2, 0.25) is 0 Å². The van der Waals surface area contributed by atoms with Crippen LogP contribution in [0.5, 0.6) is 0 Å². The SMILES string of the molecule is CNC1(CO)CCC(n2cnc3cc(C)c(C)cc32)C1. The number of hydrogen-bond donors (Lipinski definition) is 2. The van der Waals surface area contributed by atoms with E-state index >= 15 is 0 Å². The van der Waals surface area contributed by atoms with Gasteiger partial charge in [-0.15, -0.1) is 0 Å². The van der Waals surface area contributed by atoms with Crippen molar-refractivity contribution >= 4 is 11.0 Å². The zero-order chi connectivity index (χ0) is 14.3. The molecule has 1 fully saturated rings. The molecule has 3 rings (SSSR count). The largest absolute Gasteiger partial charge is 0.394 e. The van der Waals surface area contributed by atoms with E-state index in [-0.39, 0.29) is 12.1 Å². The normalized spacial score (nSPS) is 26.5. The second kappa shape index (κ2) is 4.86. The van der Waals surface area contributed by atoms with E-state index in [1.54, 1.807) is 0 Å². The van der Waals surface area contributed by atoms with E-state index in [4.69, 9.17) is 0 Å². The number of nitrogens with zero attached hydrogens (tertiary/aromatic N) is 2. The summed E-state index contributed by atoms with van der Waals surface area (Å²) in [7, 11) is 1.94. The highest BCUT2D eigenvalue weighted by atomic mass is 16.3. The molecular weight excluding hydrogens is 250 g/mol. The summed E-state index contributed by atoms with van der Waals surface area (Å²) in [6.45, 7) is 4.47. The van der Waals surface area contributed by atoms with Crippen molar-refractivity contribution in [3.63, 3.8) is 0 Å². The van der Waals surface area contributed by atoms with Crippen LogP contribution in [0.1, 0.15) is 36.4 Å². The molecule has 2 unspecified atom stereocenters. The fourth-order valence-corrected chi connectivity index (χ4v) is 3.36. The van der Waals surface area contributed by atoms with Gasteiger partial charge in [-0.3, -0.25) is 0 Å². The zero-order valence-corrected chi connectivity index (χ0v) is 12.5. The molecule has 1 saturated carbocycles. The Hall–Kier alpha value is -1.39. The van der Waals surface area contributed by atoms with Gasteiger partial charge in [-0.05, 0) is 63.4 Å². The fourth-order valence-electron chi connectivity index (χ4n) is 3.36. The molecule has 2 atom stereocenters. The highest BCUT2D eigenvalue weighted by molar-refractivity contribution is 5.77. The van der Waals surface area contributed by atoms with Crippen molar-refractivity contribution in [2.75, 3.05) is 13.7 Å². The molecule has 0 aliphatic heterocycles. The number of aliphatic hydroxyl groups is 1. The number of imidazole rings is 1. The van der Waals surface area contributed by atoms with Crippen molar-refractivity contribution in [3.8, 4) is 0 Å². The van der Waals surface area contributed by atoms with Gasteiger partial charge in [-0.25, -0.2) is 4.98 Å². The van der Waals surface area contributed by atoms with E-state index in [0.29, 0.717) is 6.04 Å². The quantitative estimate of drug-likeness (QED) is 0.902. The molecule has 1 aliphatic carbocycles. The number of rotatable bonds is 3. The number of fused-ring (bicyclic) bond motifs is 1. The third-order valence-electron chi connectivity index (χ3n) is 5.00. The Kier molecular flexibility index (Phi) is 3.30. The number of benzene rings is 1. The van der Waals surface area contributed by atoms with Crippen LogP contribution in [0.4, 0.5) is 0 Å². The highest BCUT2D eigenvalue weighted by Crippen LogP contribution is 2.38. The minimum absolute atomic E-state index is 0.124. The smallest absolute Gasteiger partial charge is 0.0960 e. The lowest BCUT2D eigenvalue weighted by atomic mass is 9.99. The van der Waals surface area contributed by atoms with Crippen LogP contribution < -0.4 is 5.32 Å². The number of nitrogens with one attached hydrogen (secondary N) is 1. The maximum absolute atomic E-state index is 9.64. The first kappa shape index (κ1) is 13.6. The van der Waals surface area contributed by atoms with Gasteiger partial charge in [0.1, 0.15) is 0 Å². The number of hydrogen-bond acceptors (Lipinski definition) is 3. The molecule has 4 heteroatoms. The predicted molar refractivity (Wildman–Crippen MR) is 81.0 cm³/mol. The van der Waals surface area contributed by atoms with Gasteiger partial charge in [0.05, 0.1) is 24.0 Å². The summed E-state index contributed by atoms with van der Waals surface area (Å²) in [5, 5.41) is 12.9. The van der Waals surface area contributed by atoms with E-state index in [0.717, 1.165) is 24.8 Å². The fraction of sp³-hybridized carbons (Fsp3) is 0.562. The van der Waals surface area contributed by atoms with Crippen LogP contribution in [0, 0.1) is 13.8 Å². The second-order valence-electron chi connectivity index (χ2n) is 6.16. The first-order chi connectivity index (χ1) is 9.58. The lowest BCUT2D eigenvalue weighted by molar-refractivity contribution is 0.169. The standard InChI is InChI=1S/C16H23N3O/c1-11-6-14-15(7-12(11)2)19(10-18-14)13-4-5-16(8-13,9-20)17-3/h6-7,10,13,17,20H,4-5,8-9H2,1-3H3. The Morgan fingerprint density at radius 3 is 2.80 bits per heavy atom. The molecule has 108 valence electrons. The zero-order valence-electron chi connectivity index (χ0n) is 12.5. The highest BCUT2D eigenvalue weighted by Gasteiger charge is 2.38. The topological polar surface area (TPSA) is 50.1 Å². The molecule has 2 aromatic rings. The van der Waals surface area contributed by atoms with Gasteiger partial charge in [0.25, 0.3) is 0 Å². The Morgan fingerprint density at radius 1 is 1.40 bits per heavy atom. The number of likely N-dealkylation sites (N-methyl/N-ethyl adjacent to an activating group) is 1. The van der Waals surface area contributed by atoms with Crippen LogP contribution >= 0.6 is 0 Å². The molecule has 0 amide bonds. The maximum atomic E-state index is 9.64. The molecule has 1 aromatic heterocycles. The van der Waals surface area contributed by atoms with Crippen LogP contribution in [0.15, 0.2) is 18.5 Å². The Labute approximate surface area is 119 Å². The average molecular weight is 273 g/mol. The molecule has 4 nitrogen and oxygen atoms in total. The van der Waals surface area contributed by atoms with Gasteiger partial charge in [0.15, 0.2) is 0 Å². The molecule has 1 heterocycles. The third kappa shape index (κ3) is 2.03. The lowest BCUT2D eigenvalue weighted by Crippen LogP contribution is -2.44. The van der Waals surface area contributed by atoms with Gasteiger partial charge >= 0.3 is 0 Å². The van der Waals surface area contributed by atoms with E-state index in [1.165, 1.54) is 16.6 Å². The predicted octanol–water partition coefficient (Wildman–Crippen LogP) is 2.33. The summed E-state index contributed by atoms with van der Waals surface area (Å²) in [6.07, 6.45) is 5.00. The Morgan fingerprint density at radius 2 is 2.15 bits per heavy atom. The minimum atomic E-state index is -0.124. The molecule has 0 spiro atoms. The van der Waals surface area contributed by atoms with Crippen LogP contribution in [-0.2, 0) is 0 Å². The lowest BCUT2D eigenvalue weighted by Gasteiger charge is -2.26. The van der Waals surface area contributed by atoms with Crippen molar-refractivity contribution in [2.24, 2.45) is 0 Å². The third-order valence-corrected chi connectivity index (χ3v) is 5.00. The first-order valence-corrected chi connectivity index (χ1v) is 7.32. The Balaban J connectivity index is 1.98. The maximum Gasteiger partial charge on any atom is 0.0960 e. The summed E-state index contributed by atoms with van der Waals surface area (Å²) in [5.41, 5.74) is 4.75. The summed E-state index contributed by atoms with van der Waals surface area (Å²) >= 11 is 0. The van der Waals surface area contributed by atoms with Crippen LogP contribution in [-0.4, -0.2) is 33.9 Å². The Bertz CT molecular complexity index is 628. The van der Waals surface area contributed by atoms with Crippen molar-refractivity contribution in [1.82, 2.24) is 14.9 Å². The molecule has 0 bridgehead atoms. The summed E-state index contributed by atoms with van der Waals surface area (Å²) < 4.78 is 2.29. The molecule has 2 N–H and O–H groups in total. The monoisotopic (exact) mass is 273 g/mol. The van der Waals surface area contributed by atoms with E-state index in [1.807, 2.05) is 13.4 Å². The van der Waals surface area contributed by atoms with E-state index < -0.39 is 0 Å². The molecule has 1 aliphatic rings. The van der Waals surface area contributed by atoms with Gasteiger partial charge in [-0.1, -0.05) is 0 Å². The first-order valence-electron chi connectivity index (χ1n) is 7.32. The van der Waals surface area contributed by atoms with Crippen molar-refractivity contribution in [2.45, 2.75) is 44.7 Å². The summed E-state index contributed by atoms with van der Waals surface area (Å²) in [4.78, 5) is 4.54. The number of aromatic nitrogens is 2. The summed E-state index contributed by atoms with van der Waals surface area (Å²) in [5.74, 6) is 0. The molecule has 0 saturated heterocycles. The van der Waals surface area contributed by atoms with Crippen LogP contribution in [0.25, 0.3) is 11.0 Å².